The van der Waals surface area contributed by atoms with Crippen molar-refractivity contribution in [1.82, 2.24) is 14.9 Å². The van der Waals surface area contributed by atoms with Crippen LogP contribution in [0.3, 0.4) is 0 Å². The summed E-state index contributed by atoms with van der Waals surface area (Å²) in [4.78, 5) is 30.3. The molecule has 0 bridgehead atoms. The molecule has 1 aliphatic heterocycles. The zero-order valence-electron chi connectivity index (χ0n) is 29.0. The Balaban J connectivity index is 2.09. The first kappa shape index (κ1) is 42.5. The first-order valence-electron chi connectivity index (χ1n) is 16.6. The van der Waals surface area contributed by atoms with Crippen molar-refractivity contribution < 1.29 is 44.8 Å². The van der Waals surface area contributed by atoms with Gasteiger partial charge in [-0.2, -0.15) is 4.31 Å². The molecule has 0 spiro atoms. The molecule has 0 aromatic heterocycles. The van der Waals surface area contributed by atoms with E-state index < -0.39 is 99.6 Å². The number of rotatable bonds is 11. The Hall–Kier alpha value is -4.66. The molecule has 1 heterocycles. The number of nitrogens with one attached hydrogen (secondary N) is 2. The van der Waals surface area contributed by atoms with Crippen LogP contribution in [0.1, 0.15) is 12.8 Å². The van der Waals surface area contributed by atoms with Crippen LogP contribution in [0, 0.1) is 33.9 Å². The Morgan fingerprint density at radius 3 is 1.55 bits per heavy atom. The number of benzene rings is 4. The minimum Gasteiger partial charge on any atom is -0.485 e. The summed E-state index contributed by atoms with van der Waals surface area (Å²) < 4.78 is 97.0. The van der Waals surface area contributed by atoms with E-state index in [1.807, 2.05) is 22.6 Å². The second kappa shape index (κ2) is 17.2. The van der Waals surface area contributed by atoms with E-state index in [1.165, 1.54) is 24.3 Å². The van der Waals surface area contributed by atoms with E-state index in [0.29, 0.717) is 28.7 Å². The largest absolute Gasteiger partial charge is 0.485 e. The van der Waals surface area contributed by atoms with E-state index in [2.05, 4.69) is 10.6 Å². The molecule has 23 heteroatoms. The van der Waals surface area contributed by atoms with Gasteiger partial charge in [-0.3, -0.25) is 30.3 Å². The number of nitrogens with zero attached hydrogens (tertiary/aromatic N) is 4. The van der Waals surface area contributed by atoms with Crippen LogP contribution in [-0.4, -0.2) is 87.4 Å². The number of nitro benzene ring substituents is 3. The molecule has 0 aliphatic carbocycles. The number of nitro groups is 3. The standard InChI is InChI=1S/C33H33IN6O13S3/c34-24-15-17-25(18-16-24)53-32-23-36-20-7-19-35-21-8-22-37(56(51,52)31-14-6-3-11-28(31)40(45)46)33(32,54(47,48)29-12-4-1-9-26(29)38(41)42)55(49,50)30-13-5-2-10-27(30)39(43)44/h1-6,9-18,32,35-36H,7-8,19-23H2. The van der Waals surface area contributed by atoms with Gasteiger partial charge in [0.05, 0.1) is 14.8 Å². The first-order valence-corrected chi connectivity index (χ1v) is 22.0. The average Bonchev–Trinajstić information content (AvgIpc) is 3.16. The Kier molecular flexibility index (Phi) is 13.1. The maximum atomic E-state index is 15.9. The highest BCUT2D eigenvalue weighted by Crippen LogP contribution is 2.49. The summed E-state index contributed by atoms with van der Waals surface area (Å²) >= 11 is 1.96. The highest BCUT2D eigenvalue weighted by Gasteiger charge is 2.71. The Bertz CT molecular complexity index is 2380. The van der Waals surface area contributed by atoms with Gasteiger partial charge in [-0.1, -0.05) is 36.4 Å². The van der Waals surface area contributed by atoms with Gasteiger partial charge in [0.2, 0.25) is 19.7 Å². The molecular formula is C33H33IN6O13S3. The molecular weight excluding hydrogens is 911 g/mol. The number of para-hydroxylation sites is 3. The number of hydrogen-bond acceptors (Lipinski definition) is 15. The smallest absolute Gasteiger partial charge is 0.289 e. The molecule has 4 aromatic rings. The van der Waals surface area contributed by atoms with Gasteiger partial charge in [-0.25, -0.2) is 25.3 Å². The highest BCUT2D eigenvalue weighted by atomic mass is 127. The Morgan fingerprint density at radius 1 is 0.625 bits per heavy atom. The van der Waals surface area contributed by atoms with Gasteiger partial charge in [-0.15, -0.1) is 0 Å². The maximum Gasteiger partial charge on any atom is 0.289 e. The third kappa shape index (κ3) is 7.96. The lowest BCUT2D eigenvalue weighted by atomic mass is 10.2. The van der Waals surface area contributed by atoms with Crippen LogP contribution in [-0.2, 0) is 29.7 Å². The number of hydrogen-bond donors (Lipinski definition) is 2. The highest BCUT2D eigenvalue weighted by molar-refractivity contribution is 14.1. The van der Waals surface area contributed by atoms with Crippen LogP contribution in [0.15, 0.2) is 112 Å². The van der Waals surface area contributed by atoms with Crippen LogP contribution in [0.25, 0.3) is 0 Å². The molecule has 0 amide bonds. The topological polar surface area (TPSA) is 268 Å². The van der Waals surface area contributed by atoms with Crippen LogP contribution in [0.4, 0.5) is 17.1 Å². The molecule has 19 nitrogen and oxygen atoms in total. The third-order valence-electron chi connectivity index (χ3n) is 8.70. The van der Waals surface area contributed by atoms with Crippen molar-refractivity contribution in [3.8, 4) is 5.75 Å². The van der Waals surface area contributed by atoms with E-state index in [1.54, 1.807) is 0 Å². The van der Waals surface area contributed by atoms with E-state index in [9.17, 15) is 30.3 Å². The fraction of sp³-hybridized carbons (Fsp3) is 0.273. The van der Waals surface area contributed by atoms with Gasteiger partial charge in [0, 0.05) is 34.9 Å². The zero-order valence-corrected chi connectivity index (χ0v) is 33.6. The van der Waals surface area contributed by atoms with Crippen LogP contribution in [0.2, 0.25) is 0 Å². The van der Waals surface area contributed by atoms with Gasteiger partial charge >= 0.3 is 0 Å². The van der Waals surface area contributed by atoms with Gasteiger partial charge < -0.3 is 15.4 Å². The molecule has 1 fully saturated rings. The van der Waals surface area contributed by atoms with Gasteiger partial charge in [0.1, 0.15) is 15.5 Å². The predicted molar refractivity (Wildman–Crippen MR) is 209 cm³/mol. The predicted octanol–water partition coefficient (Wildman–Crippen LogP) is 4.03. The summed E-state index contributed by atoms with van der Waals surface area (Å²) in [5, 5.41) is 43.3. The fourth-order valence-electron chi connectivity index (χ4n) is 6.26. The van der Waals surface area contributed by atoms with Crippen molar-refractivity contribution in [3.05, 3.63) is 131 Å². The van der Waals surface area contributed by atoms with Crippen molar-refractivity contribution in [1.29, 1.82) is 0 Å². The first-order chi connectivity index (χ1) is 26.5. The average molecular weight is 945 g/mol. The molecule has 0 radical (unpaired) electrons. The lowest BCUT2D eigenvalue weighted by Gasteiger charge is -2.45. The second-order valence-electron chi connectivity index (χ2n) is 12.1. The molecule has 4 aromatic carbocycles. The molecule has 1 aliphatic rings. The monoisotopic (exact) mass is 944 g/mol. The third-order valence-corrected chi connectivity index (χ3v) is 17.3. The molecule has 0 saturated carbocycles. The summed E-state index contributed by atoms with van der Waals surface area (Å²) in [6.45, 7) is -1.41. The lowest BCUT2D eigenvalue weighted by Crippen LogP contribution is -2.71. The van der Waals surface area contributed by atoms with Crippen molar-refractivity contribution in [2.24, 2.45) is 0 Å². The van der Waals surface area contributed by atoms with Crippen molar-refractivity contribution in [2.45, 2.75) is 37.8 Å². The van der Waals surface area contributed by atoms with Gasteiger partial charge in [0.15, 0.2) is 11.0 Å². The van der Waals surface area contributed by atoms with E-state index in [-0.39, 0.29) is 29.6 Å². The number of sulfone groups is 2. The summed E-state index contributed by atoms with van der Waals surface area (Å²) in [5.41, 5.74) is -3.40. The minimum atomic E-state index is -6.15. The zero-order chi connectivity index (χ0) is 40.9. The van der Waals surface area contributed by atoms with Crippen LogP contribution in [0.5, 0.6) is 5.75 Å². The summed E-state index contributed by atoms with van der Waals surface area (Å²) in [6, 6.07) is 16.7. The molecule has 1 saturated heterocycles. The summed E-state index contributed by atoms with van der Waals surface area (Å²) in [5.74, 6) is -0.186. The fourth-order valence-corrected chi connectivity index (χ4v) is 14.9. The van der Waals surface area contributed by atoms with E-state index >= 15 is 25.3 Å². The molecule has 1 unspecified atom stereocenters. The quantitative estimate of drug-likeness (QED) is 0.122. The van der Waals surface area contributed by atoms with Crippen molar-refractivity contribution in [2.75, 3.05) is 32.7 Å². The number of halogens is 1. The number of ether oxygens (including phenoxy) is 1. The SMILES string of the molecule is O=[N+]([O-])c1ccccc1S(=O)(=O)N1CCCNCCCNCC(Oc2ccc(I)cc2)C1(S(=O)(=O)c1ccccc1[N+](=O)[O-])S(=O)(=O)c1ccccc1[N+](=O)[O-]. The van der Waals surface area contributed by atoms with Crippen molar-refractivity contribution >= 4 is 69.4 Å². The summed E-state index contributed by atoms with van der Waals surface area (Å²) in [6.07, 6.45) is -2.37. The van der Waals surface area contributed by atoms with E-state index in [4.69, 9.17) is 4.74 Å². The normalized spacial score (nSPS) is 17.5. The van der Waals surface area contributed by atoms with Crippen molar-refractivity contribution in [3.63, 3.8) is 0 Å². The molecule has 5 rings (SSSR count). The Morgan fingerprint density at radius 2 is 1.05 bits per heavy atom. The minimum absolute atomic E-state index is 0.0166. The second-order valence-corrected chi connectivity index (χ2v) is 19.6. The maximum absolute atomic E-state index is 15.9. The van der Waals surface area contributed by atoms with Crippen LogP contribution >= 0.6 is 22.6 Å². The number of sulfonamides is 1. The summed E-state index contributed by atoms with van der Waals surface area (Å²) in [7, 11) is -18.1. The van der Waals surface area contributed by atoms with E-state index in [0.717, 1.165) is 60.7 Å². The lowest BCUT2D eigenvalue weighted by molar-refractivity contribution is -0.388. The molecule has 56 heavy (non-hydrogen) atoms. The Labute approximate surface area is 334 Å². The van der Waals surface area contributed by atoms with Gasteiger partial charge in [0.25, 0.3) is 31.3 Å². The van der Waals surface area contributed by atoms with Crippen LogP contribution < -0.4 is 15.4 Å². The molecule has 2 N–H and O–H groups in total. The molecule has 1 atom stereocenters. The van der Waals surface area contributed by atoms with Gasteiger partial charge in [-0.05, 0) is 97.5 Å². The molecule has 298 valence electrons.